The van der Waals surface area contributed by atoms with Crippen LogP contribution < -0.4 is 15.8 Å². The maximum Gasteiger partial charge on any atom is 0.335 e. The van der Waals surface area contributed by atoms with Crippen molar-refractivity contribution in [3.05, 3.63) is 48.0 Å². The molecule has 2 rings (SSSR count). The number of sulfonamides is 1. The van der Waals surface area contributed by atoms with Gasteiger partial charge in [0.2, 0.25) is 10.0 Å². The largest absolute Gasteiger partial charge is 0.478 e. The van der Waals surface area contributed by atoms with Crippen LogP contribution in [0.3, 0.4) is 0 Å². The van der Waals surface area contributed by atoms with Gasteiger partial charge in [0.1, 0.15) is 4.90 Å². The predicted octanol–water partition coefficient (Wildman–Crippen LogP) is 2.99. The van der Waals surface area contributed by atoms with Crippen LogP contribution in [0.2, 0.25) is 0 Å². The zero-order valence-corrected chi connectivity index (χ0v) is 14.6. The van der Waals surface area contributed by atoms with Gasteiger partial charge in [-0.15, -0.1) is 0 Å². The van der Waals surface area contributed by atoms with Crippen LogP contribution in [0.25, 0.3) is 0 Å². The lowest BCUT2D eigenvalue weighted by atomic mass is 10.1. The molecule has 0 radical (unpaired) electrons. The number of anilines is 3. The highest BCUT2D eigenvalue weighted by molar-refractivity contribution is 7.89. The number of carboxylic acids is 1. The fraction of sp³-hybridized carbons (Fsp3) is 0.235. The maximum absolute atomic E-state index is 12.0. The van der Waals surface area contributed by atoms with E-state index in [-0.39, 0.29) is 16.1 Å². The van der Waals surface area contributed by atoms with Crippen LogP contribution in [-0.4, -0.2) is 26.0 Å². The Kier molecular flexibility index (Phi) is 6.00. The van der Waals surface area contributed by atoms with Gasteiger partial charge in [0.15, 0.2) is 0 Å². The molecule has 0 aliphatic carbocycles. The van der Waals surface area contributed by atoms with Gasteiger partial charge in [0.25, 0.3) is 0 Å². The van der Waals surface area contributed by atoms with E-state index in [0.717, 1.165) is 18.9 Å². The molecule has 0 aliphatic heterocycles. The third-order valence-electron chi connectivity index (χ3n) is 3.54. The fourth-order valence-corrected chi connectivity index (χ4v) is 3.03. The number of nitrogens with one attached hydrogen (secondary N) is 2. The first kappa shape index (κ1) is 18.8. The van der Waals surface area contributed by atoms with Crippen molar-refractivity contribution >= 4 is 33.1 Å². The summed E-state index contributed by atoms with van der Waals surface area (Å²) in [5.41, 5.74) is 1.12. The Morgan fingerprint density at radius 1 is 1.20 bits per heavy atom. The van der Waals surface area contributed by atoms with E-state index in [9.17, 15) is 18.3 Å². The van der Waals surface area contributed by atoms with E-state index in [1.54, 1.807) is 24.3 Å². The number of benzene rings is 2. The summed E-state index contributed by atoms with van der Waals surface area (Å²) in [6, 6.07) is 11.4. The average Bonchev–Trinajstić information content (AvgIpc) is 2.56. The Labute approximate surface area is 146 Å². The van der Waals surface area contributed by atoms with Gasteiger partial charge in [0, 0.05) is 12.2 Å². The highest BCUT2D eigenvalue weighted by atomic mass is 32.2. The summed E-state index contributed by atoms with van der Waals surface area (Å²) in [6.07, 6.45) is 1.79. The van der Waals surface area contributed by atoms with Crippen LogP contribution in [0.1, 0.15) is 30.1 Å². The van der Waals surface area contributed by atoms with E-state index in [0.29, 0.717) is 17.9 Å². The Balaban J connectivity index is 2.59. The minimum Gasteiger partial charge on any atom is -0.478 e. The molecule has 2 aromatic rings. The third kappa shape index (κ3) is 4.94. The molecule has 0 unspecified atom stereocenters. The SMILES string of the molecule is CCCCNc1cc(C(=O)O)cc(S(N)(=O)=O)c1Nc1ccccc1. The quantitative estimate of drug-likeness (QED) is 0.535. The highest BCUT2D eigenvalue weighted by Crippen LogP contribution is 2.34. The van der Waals surface area contributed by atoms with Gasteiger partial charge in [-0.25, -0.2) is 18.4 Å². The molecule has 0 heterocycles. The van der Waals surface area contributed by atoms with E-state index in [4.69, 9.17) is 5.14 Å². The molecular weight excluding hydrogens is 342 g/mol. The van der Waals surface area contributed by atoms with Gasteiger partial charge < -0.3 is 15.7 Å². The monoisotopic (exact) mass is 363 g/mol. The van der Waals surface area contributed by atoms with Crippen molar-refractivity contribution in [1.29, 1.82) is 0 Å². The smallest absolute Gasteiger partial charge is 0.335 e. The molecule has 2 aromatic carbocycles. The van der Waals surface area contributed by atoms with E-state index in [2.05, 4.69) is 10.6 Å². The number of unbranched alkanes of at least 4 members (excludes halogenated alkanes) is 1. The van der Waals surface area contributed by atoms with Crippen molar-refractivity contribution in [3.8, 4) is 0 Å². The van der Waals surface area contributed by atoms with Crippen molar-refractivity contribution in [2.75, 3.05) is 17.2 Å². The molecule has 0 atom stereocenters. The second-order valence-corrected chi connectivity index (χ2v) is 7.05. The summed E-state index contributed by atoms with van der Waals surface area (Å²) in [6.45, 7) is 2.60. The molecular formula is C17H21N3O4S. The van der Waals surface area contributed by atoms with Gasteiger partial charge in [0.05, 0.1) is 16.9 Å². The van der Waals surface area contributed by atoms with Crippen LogP contribution in [0, 0.1) is 0 Å². The van der Waals surface area contributed by atoms with E-state index in [1.165, 1.54) is 6.07 Å². The number of hydrogen-bond acceptors (Lipinski definition) is 5. The van der Waals surface area contributed by atoms with Crippen molar-refractivity contribution in [2.45, 2.75) is 24.7 Å². The molecule has 0 spiro atoms. The number of primary sulfonamides is 1. The first-order valence-corrected chi connectivity index (χ1v) is 9.37. The van der Waals surface area contributed by atoms with Crippen molar-refractivity contribution in [3.63, 3.8) is 0 Å². The molecule has 25 heavy (non-hydrogen) atoms. The van der Waals surface area contributed by atoms with Gasteiger partial charge in [-0.2, -0.15) is 0 Å². The fourth-order valence-electron chi connectivity index (χ4n) is 2.30. The molecule has 0 fully saturated rings. The summed E-state index contributed by atoms with van der Waals surface area (Å²) in [5.74, 6) is -1.23. The molecule has 5 N–H and O–H groups in total. The average molecular weight is 363 g/mol. The van der Waals surface area contributed by atoms with E-state index < -0.39 is 16.0 Å². The van der Waals surface area contributed by atoms with Crippen LogP contribution in [0.4, 0.5) is 17.1 Å². The Bertz CT molecular complexity index is 852. The molecule has 0 saturated carbocycles. The van der Waals surface area contributed by atoms with E-state index in [1.807, 2.05) is 13.0 Å². The number of carbonyl (C=O) groups is 1. The summed E-state index contributed by atoms with van der Waals surface area (Å²) >= 11 is 0. The normalized spacial score (nSPS) is 11.1. The third-order valence-corrected chi connectivity index (χ3v) is 4.48. The van der Waals surface area contributed by atoms with Crippen LogP contribution >= 0.6 is 0 Å². The molecule has 134 valence electrons. The maximum atomic E-state index is 12.0. The Hall–Kier alpha value is -2.58. The molecule has 0 bridgehead atoms. The van der Waals surface area contributed by atoms with Crippen LogP contribution in [0.15, 0.2) is 47.4 Å². The number of hydrogen-bond donors (Lipinski definition) is 4. The zero-order valence-electron chi connectivity index (χ0n) is 13.8. The summed E-state index contributed by atoms with van der Waals surface area (Å²) in [7, 11) is -4.13. The molecule has 8 heteroatoms. The van der Waals surface area contributed by atoms with Crippen molar-refractivity contribution < 1.29 is 18.3 Å². The summed E-state index contributed by atoms with van der Waals surface area (Å²) < 4.78 is 24.0. The molecule has 0 aliphatic rings. The molecule has 7 nitrogen and oxygen atoms in total. The van der Waals surface area contributed by atoms with Crippen molar-refractivity contribution in [1.82, 2.24) is 0 Å². The van der Waals surface area contributed by atoms with Gasteiger partial charge >= 0.3 is 5.97 Å². The minimum absolute atomic E-state index is 0.151. The number of nitrogens with two attached hydrogens (primary N) is 1. The lowest BCUT2D eigenvalue weighted by Gasteiger charge is -2.18. The lowest BCUT2D eigenvalue weighted by Crippen LogP contribution is -2.17. The Morgan fingerprint density at radius 3 is 2.44 bits per heavy atom. The predicted molar refractivity (Wildman–Crippen MR) is 97.9 cm³/mol. The van der Waals surface area contributed by atoms with Gasteiger partial charge in [-0.1, -0.05) is 31.5 Å². The molecule has 0 amide bonds. The summed E-state index contributed by atoms with van der Waals surface area (Å²) in [4.78, 5) is 11.1. The molecule has 0 aromatic heterocycles. The topological polar surface area (TPSA) is 122 Å². The highest BCUT2D eigenvalue weighted by Gasteiger charge is 2.21. The zero-order chi connectivity index (χ0) is 18.4. The lowest BCUT2D eigenvalue weighted by molar-refractivity contribution is 0.0696. The number of rotatable bonds is 8. The van der Waals surface area contributed by atoms with Crippen LogP contribution in [-0.2, 0) is 10.0 Å². The van der Waals surface area contributed by atoms with Crippen molar-refractivity contribution in [2.24, 2.45) is 5.14 Å². The first-order chi connectivity index (χ1) is 11.8. The Morgan fingerprint density at radius 2 is 1.88 bits per heavy atom. The standard InChI is InChI=1S/C17H21N3O4S/c1-2-3-9-19-14-10-12(17(21)22)11-15(25(18,23)24)16(14)20-13-7-5-4-6-8-13/h4-8,10-11,19-20H,2-3,9H2,1H3,(H,21,22)(H2,18,23,24). The minimum atomic E-state index is -4.13. The van der Waals surface area contributed by atoms with Gasteiger partial charge in [-0.05, 0) is 30.7 Å². The van der Waals surface area contributed by atoms with E-state index >= 15 is 0 Å². The number of carboxylic acid groups (broad SMARTS) is 1. The summed E-state index contributed by atoms with van der Waals surface area (Å²) in [5, 5.41) is 20.7. The first-order valence-electron chi connectivity index (χ1n) is 7.83. The number of aromatic carboxylic acids is 1. The number of para-hydroxylation sites is 1. The van der Waals surface area contributed by atoms with Crippen LogP contribution in [0.5, 0.6) is 0 Å². The second-order valence-electron chi connectivity index (χ2n) is 5.52. The molecule has 0 saturated heterocycles. The second kappa shape index (κ2) is 8.00. The van der Waals surface area contributed by atoms with Gasteiger partial charge in [-0.3, -0.25) is 0 Å².